The van der Waals surface area contributed by atoms with Crippen LogP contribution < -0.4 is 9.46 Å². The van der Waals surface area contributed by atoms with E-state index in [9.17, 15) is 8.42 Å². The summed E-state index contributed by atoms with van der Waals surface area (Å²) in [6.45, 7) is 6.89. The molecule has 120 valence electrons. The Balaban J connectivity index is 3.11. The minimum Gasteiger partial charge on any atom is -0.495 e. The third-order valence-corrected chi connectivity index (χ3v) is 4.76. The summed E-state index contributed by atoms with van der Waals surface area (Å²) in [6, 6.07) is 3.48. The van der Waals surface area contributed by atoms with Crippen LogP contribution in [0, 0.1) is 6.92 Å². The summed E-state index contributed by atoms with van der Waals surface area (Å²) in [5.74, 6) is 0.620. The highest BCUT2D eigenvalue weighted by atomic mass is 32.2. The molecule has 0 aliphatic heterocycles. The van der Waals surface area contributed by atoms with E-state index >= 15 is 0 Å². The Kier molecular flexibility index (Phi) is 6.64. The van der Waals surface area contributed by atoms with E-state index < -0.39 is 10.0 Å². The highest BCUT2D eigenvalue weighted by molar-refractivity contribution is 7.89. The molecule has 1 N–H and O–H groups in total. The Morgan fingerprint density at radius 1 is 1.24 bits per heavy atom. The largest absolute Gasteiger partial charge is 0.495 e. The van der Waals surface area contributed by atoms with Crippen LogP contribution in [0.4, 0.5) is 0 Å². The lowest BCUT2D eigenvalue weighted by molar-refractivity contribution is 0.196. The molecule has 1 aromatic rings. The fourth-order valence-corrected chi connectivity index (χ4v) is 3.43. The SMILES string of the molecule is COCCCNS(=O)(=O)c1cc(C(C)C)c(C)cc1OC. The lowest BCUT2D eigenvalue weighted by atomic mass is 9.98. The topological polar surface area (TPSA) is 64.6 Å². The van der Waals surface area contributed by atoms with E-state index in [2.05, 4.69) is 4.72 Å². The first-order valence-electron chi connectivity index (χ1n) is 7.00. The second kappa shape index (κ2) is 7.77. The van der Waals surface area contributed by atoms with E-state index in [-0.39, 0.29) is 10.8 Å². The van der Waals surface area contributed by atoms with Gasteiger partial charge in [-0.3, -0.25) is 0 Å². The molecule has 6 heteroatoms. The van der Waals surface area contributed by atoms with Crippen LogP contribution in [0.25, 0.3) is 0 Å². The molecule has 21 heavy (non-hydrogen) atoms. The van der Waals surface area contributed by atoms with Crippen LogP contribution in [-0.4, -0.2) is 35.8 Å². The van der Waals surface area contributed by atoms with Gasteiger partial charge in [0.2, 0.25) is 10.0 Å². The van der Waals surface area contributed by atoms with Gasteiger partial charge in [0.15, 0.2) is 0 Å². The monoisotopic (exact) mass is 315 g/mol. The molecule has 0 aliphatic rings. The van der Waals surface area contributed by atoms with E-state index in [4.69, 9.17) is 9.47 Å². The van der Waals surface area contributed by atoms with Crippen molar-refractivity contribution in [2.24, 2.45) is 0 Å². The number of hydrogen-bond donors (Lipinski definition) is 1. The molecule has 0 heterocycles. The van der Waals surface area contributed by atoms with Crippen molar-refractivity contribution < 1.29 is 17.9 Å². The van der Waals surface area contributed by atoms with Gasteiger partial charge in [-0.1, -0.05) is 13.8 Å². The first kappa shape index (κ1) is 17.9. The number of aryl methyl sites for hydroxylation is 1. The van der Waals surface area contributed by atoms with Crippen molar-refractivity contribution >= 4 is 10.0 Å². The molecule has 0 radical (unpaired) electrons. The Morgan fingerprint density at radius 3 is 2.43 bits per heavy atom. The summed E-state index contributed by atoms with van der Waals surface area (Å²) in [5.41, 5.74) is 2.04. The van der Waals surface area contributed by atoms with Gasteiger partial charge in [0.05, 0.1) is 7.11 Å². The number of hydrogen-bond acceptors (Lipinski definition) is 4. The normalized spacial score (nSPS) is 11.9. The zero-order valence-corrected chi connectivity index (χ0v) is 14.2. The molecule has 5 nitrogen and oxygen atoms in total. The first-order valence-corrected chi connectivity index (χ1v) is 8.49. The molecule has 0 atom stereocenters. The summed E-state index contributed by atoms with van der Waals surface area (Å²) in [4.78, 5) is 0.191. The lowest BCUT2D eigenvalue weighted by Crippen LogP contribution is -2.26. The number of rotatable bonds is 8. The first-order chi connectivity index (χ1) is 9.83. The second-order valence-electron chi connectivity index (χ2n) is 5.26. The van der Waals surface area contributed by atoms with Gasteiger partial charge in [-0.15, -0.1) is 0 Å². The molecule has 0 aliphatic carbocycles. The average Bonchev–Trinajstić information content (AvgIpc) is 2.42. The summed E-state index contributed by atoms with van der Waals surface area (Å²) >= 11 is 0. The minimum atomic E-state index is -3.59. The highest BCUT2D eigenvalue weighted by Gasteiger charge is 2.21. The second-order valence-corrected chi connectivity index (χ2v) is 6.99. The summed E-state index contributed by atoms with van der Waals surface area (Å²) in [5, 5.41) is 0. The number of nitrogens with one attached hydrogen (secondary N) is 1. The number of benzene rings is 1. The van der Waals surface area contributed by atoms with Crippen LogP contribution in [0.5, 0.6) is 5.75 Å². The average molecular weight is 315 g/mol. The molecule has 0 fully saturated rings. The Morgan fingerprint density at radius 2 is 1.90 bits per heavy atom. The smallest absolute Gasteiger partial charge is 0.244 e. The van der Waals surface area contributed by atoms with Gasteiger partial charge in [-0.25, -0.2) is 13.1 Å². The number of methoxy groups -OCH3 is 2. The number of sulfonamides is 1. The summed E-state index contributed by atoms with van der Waals surface area (Å²) < 4.78 is 37.6. The molecule has 0 bridgehead atoms. The van der Waals surface area contributed by atoms with Crippen molar-refractivity contribution in [1.82, 2.24) is 4.72 Å². The Bertz CT molecular complexity index is 567. The fraction of sp³-hybridized carbons (Fsp3) is 0.600. The van der Waals surface area contributed by atoms with Crippen LogP contribution in [0.15, 0.2) is 17.0 Å². The predicted molar refractivity (Wildman–Crippen MR) is 83.5 cm³/mol. The van der Waals surface area contributed by atoms with Crippen molar-refractivity contribution in [2.45, 2.75) is 38.0 Å². The van der Waals surface area contributed by atoms with Crippen LogP contribution in [0.1, 0.15) is 37.3 Å². The minimum absolute atomic E-state index is 0.191. The molecule has 0 saturated carbocycles. The van der Waals surface area contributed by atoms with Crippen molar-refractivity contribution in [3.8, 4) is 5.75 Å². The van der Waals surface area contributed by atoms with Gasteiger partial charge in [0.25, 0.3) is 0 Å². The van der Waals surface area contributed by atoms with Crippen LogP contribution in [-0.2, 0) is 14.8 Å². The molecule has 1 rings (SSSR count). The third-order valence-electron chi connectivity index (χ3n) is 3.28. The van der Waals surface area contributed by atoms with E-state index in [1.165, 1.54) is 7.11 Å². The van der Waals surface area contributed by atoms with Gasteiger partial charge in [-0.2, -0.15) is 0 Å². The van der Waals surface area contributed by atoms with Crippen molar-refractivity contribution in [2.75, 3.05) is 27.4 Å². The molecule has 0 saturated heterocycles. The summed E-state index contributed by atoms with van der Waals surface area (Å²) in [6.07, 6.45) is 0.626. The predicted octanol–water partition coefficient (Wildman–Crippen LogP) is 2.44. The molecule has 0 aromatic heterocycles. The van der Waals surface area contributed by atoms with Gasteiger partial charge in [0, 0.05) is 20.3 Å². The van der Waals surface area contributed by atoms with E-state index in [0.29, 0.717) is 25.3 Å². The third kappa shape index (κ3) is 4.69. The van der Waals surface area contributed by atoms with Crippen LogP contribution >= 0.6 is 0 Å². The van der Waals surface area contributed by atoms with E-state index in [1.807, 2.05) is 20.8 Å². The van der Waals surface area contributed by atoms with Gasteiger partial charge >= 0.3 is 0 Å². The molecule has 1 aromatic carbocycles. The van der Waals surface area contributed by atoms with Crippen molar-refractivity contribution in [3.05, 3.63) is 23.3 Å². The Hall–Kier alpha value is -1.11. The summed E-state index contributed by atoms with van der Waals surface area (Å²) in [7, 11) is -0.517. The van der Waals surface area contributed by atoms with E-state index in [1.54, 1.807) is 19.2 Å². The molecule has 0 amide bonds. The van der Waals surface area contributed by atoms with E-state index in [0.717, 1.165) is 11.1 Å². The fourth-order valence-electron chi connectivity index (χ4n) is 2.17. The van der Waals surface area contributed by atoms with Gasteiger partial charge in [0.1, 0.15) is 10.6 Å². The van der Waals surface area contributed by atoms with Crippen LogP contribution in [0.2, 0.25) is 0 Å². The maximum Gasteiger partial charge on any atom is 0.244 e. The highest BCUT2D eigenvalue weighted by Crippen LogP contribution is 2.30. The van der Waals surface area contributed by atoms with Crippen molar-refractivity contribution in [1.29, 1.82) is 0 Å². The molecule has 0 unspecified atom stereocenters. The van der Waals surface area contributed by atoms with Gasteiger partial charge < -0.3 is 9.47 Å². The zero-order chi connectivity index (χ0) is 16.0. The lowest BCUT2D eigenvalue weighted by Gasteiger charge is -2.16. The number of ether oxygens (including phenoxy) is 2. The maximum absolute atomic E-state index is 12.4. The maximum atomic E-state index is 12.4. The molecular formula is C15H25NO4S. The quantitative estimate of drug-likeness (QED) is 0.748. The molecular weight excluding hydrogens is 290 g/mol. The van der Waals surface area contributed by atoms with Crippen LogP contribution in [0.3, 0.4) is 0 Å². The zero-order valence-electron chi connectivity index (χ0n) is 13.4. The standard InChI is InChI=1S/C15H25NO4S/c1-11(2)13-10-15(14(20-5)9-12(13)3)21(17,18)16-7-6-8-19-4/h9-11,16H,6-8H2,1-5H3. The Labute approximate surface area is 127 Å². The van der Waals surface area contributed by atoms with Crippen molar-refractivity contribution in [3.63, 3.8) is 0 Å². The van der Waals surface area contributed by atoms with Gasteiger partial charge in [-0.05, 0) is 42.5 Å². The molecule has 0 spiro atoms.